The molecule has 40 heavy (non-hydrogen) atoms. The van der Waals surface area contributed by atoms with E-state index < -0.39 is 28.5 Å². The van der Waals surface area contributed by atoms with Crippen molar-refractivity contribution in [1.82, 2.24) is 10.2 Å². The molecule has 1 atom stereocenters. The first kappa shape index (κ1) is 30.3. The van der Waals surface area contributed by atoms with E-state index >= 15 is 0 Å². The number of aryl methyl sites for hydroxylation is 1. The molecule has 212 valence electrons. The van der Waals surface area contributed by atoms with Gasteiger partial charge in [-0.2, -0.15) is 0 Å². The predicted octanol–water partition coefficient (Wildman–Crippen LogP) is 6.19. The highest BCUT2D eigenvalue weighted by Gasteiger charge is 2.33. The first-order valence-electron chi connectivity index (χ1n) is 13.2. The van der Waals surface area contributed by atoms with Crippen LogP contribution < -0.4 is 9.62 Å². The molecule has 0 bridgehead atoms. The largest absolute Gasteiger partial charge is 0.352 e. The molecule has 4 rings (SSSR count). The number of hydrogen-bond donors (Lipinski definition) is 1. The second kappa shape index (κ2) is 13.3. The molecule has 1 N–H and O–H groups in total. The Bertz CT molecular complexity index is 1440. The topological polar surface area (TPSA) is 86.8 Å². The summed E-state index contributed by atoms with van der Waals surface area (Å²) in [5.41, 5.74) is 2.09. The smallest absolute Gasteiger partial charge is 0.264 e. The van der Waals surface area contributed by atoms with Gasteiger partial charge in [0.2, 0.25) is 11.8 Å². The Morgan fingerprint density at radius 2 is 1.60 bits per heavy atom. The Morgan fingerprint density at radius 1 is 0.950 bits per heavy atom. The van der Waals surface area contributed by atoms with Crippen molar-refractivity contribution in [3.63, 3.8) is 0 Å². The fraction of sp³-hybridized carbons (Fsp3) is 0.333. The van der Waals surface area contributed by atoms with Gasteiger partial charge in [0.15, 0.2) is 0 Å². The lowest BCUT2D eigenvalue weighted by atomic mass is 10.1. The summed E-state index contributed by atoms with van der Waals surface area (Å²) in [6, 6.07) is 20.1. The number of nitrogens with one attached hydrogen (secondary N) is 1. The summed E-state index contributed by atoms with van der Waals surface area (Å²) in [5.74, 6) is -0.722. The quantitative estimate of drug-likeness (QED) is 0.275. The Kier molecular flexibility index (Phi) is 10.1. The Hall–Kier alpha value is -2.69. The van der Waals surface area contributed by atoms with Gasteiger partial charge >= 0.3 is 0 Å². The number of rotatable bonds is 10. The zero-order chi connectivity index (χ0) is 28.9. The van der Waals surface area contributed by atoms with Crippen molar-refractivity contribution in [2.45, 2.75) is 63.1 Å². The third-order valence-electron chi connectivity index (χ3n) is 7.12. The number of hydrogen-bond acceptors (Lipinski definition) is 4. The van der Waals surface area contributed by atoms with Gasteiger partial charge < -0.3 is 10.2 Å². The first-order valence-corrected chi connectivity index (χ1v) is 16.3. The zero-order valence-electron chi connectivity index (χ0n) is 22.5. The molecule has 10 heteroatoms. The molecule has 3 aromatic rings. The monoisotopic (exact) mass is 689 g/mol. The molecule has 1 fully saturated rings. The number of halogens is 2. The minimum Gasteiger partial charge on any atom is -0.352 e. The summed E-state index contributed by atoms with van der Waals surface area (Å²) in [6.45, 7) is 3.26. The number of anilines is 1. The third kappa shape index (κ3) is 7.53. The van der Waals surface area contributed by atoms with E-state index in [9.17, 15) is 18.0 Å². The van der Waals surface area contributed by atoms with Gasteiger partial charge in [0.05, 0.1) is 10.6 Å². The molecule has 1 unspecified atom stereocenters. The fourth-order valence-corrected chi connectivity index (χ4v) is 6.82. The normalized spacial score (nSPS) is 14.5. The fourth-order valence-electron chi connectivity index (χ4n) is 4.76. The maximum absolute atomic E-state index is 14.0. The van der Waals surface area contributed by atoms with E-state index in [-0.39, 0.29) is 23.4 Å². The van der Waals surface area contributed by atoms with Crippen LogP contribution in [0, 0.1) is 6.92 Å². The number of nitrogens with zero attached hydrogens (tertiary/aromatic N) is 2. The lowest BCUT2D eigenvalue weighted by Gasteiger charge is -2.32. The van der Waals surface area contributed by atoms with Crippen LogP contribution in [0.15, 0.2) is 86.6 Å². The third-order valence-corrected chi connectivity index (χ3v) is 9.93. The van der Waals surface area contributed by atoms with E-state index in [1.807, 2.05) is 31.2 Å². The van der Waals surface area contributed by atoms with E-state index in [1.54, 1.807) is 43.3 Å². The average molecular weight is 691 g/mol. The van der Waals surface area contributed by atoms with Crippen LogP contribution in [-0.4, -0.2) is 43.8 Å². The SMILES string of the molecule is Cc1ccc(S(=O)(=O)N(CC(=O)N(Cc2ccc(Br)cc2)C(C)C(=O)NC2CCCC2)c2cccc(Br)c2)cc1. The summed E-state index contributed by atoms with van der Waals surface area (Å²) in [7, 11) is -4.10. The van der Waals surface area contributed by atoms with Crippen LogP contribution in [0.2, 0.25) is 0 Å². The second-order valence-electron chi connectivity index (χ2n) is 10.1. The molecule has 1 aliphatic carbocycles. The summed E-state index contributed by atoms with van der Waals surface area (Å²) in [4.78, 5) is 28.8. The van der Waals surface area contributed by atoms with Crippen LogP contribution in [0.3, 0.4) is 0 Å². The standard InChI is InChI=1S/C30H33Br2N3O4S/c1-21-10-16-28(17-11-21)40(38,39)35(27-9-5-6-25(32)18-27)20-29(36)34(19-23-12-14-24(31)15-13-23)22(2)30(37)33-26-7-3-4-8-26/h5-6,9-18,22,26H,3-4,7-8,19-20H2,1-2H3,(H,33,37). The average Bonchev–Trinajstić information content (AvgIpc) is 3.44. The van der Waals surface area contributed by atoms with Crippen LogP contribution in [0.4, 0.5) is 5.69 Å². The Morgan fingerprint density at radius 3 is 2.23 bits per heavy atom. The zero-order valence-corrected chi connectivity index (χ0v) is 26.5. The highest BCUT2D eigenvalue weighted by molar-refractivity contribution is 9.10. The van der Waals surface area contributed by atoms with Crippen molar-refractivity contribution in [1.29, 1.82) is 0 Å². The van der Waals surface area contributed by atoms with Gasteiger partial charge in [-0.3, -0.25) is 13.9 Å². The van der Waals surface area contributed by atoms with Crippen molar-refractivity contribution >= 4 is 59.4 Å². The van der Waals surface area contributed by atoms with Crippen LogP contribution in [0.1, 0.15) is 43.7 Å². The molecular formula is C30H33Br2N3O4S. The van der Waals surface area contributed by atoms with Crippen molar-refractivity contribution < 1.29 is 18.0 Å². The number of amides is 2. The van der Waals surface area contributed by atoms with Gasteiger partial charge in [0, 0.05) is 21.5 Å². The number of benzene rings is 3. The molecule has 1 aliphatic rings. The van der Waals surface area contributed by atoms with E-state index in [1.165, 1.54) is 17.0 Å². The second-order valence-corrected chi connectivity index (χ2v) is 13.8. The molecule has 7 nitrogen and oxygen atoms in total. The molecular weight excluding hydrogens is 658 g/mol. The molecule has 2 amide bonds. The summed E-state index contributed by atoms with van der Waals surface area (Å²) >= 11 is 6.85. The minimum absolute atomic E-state index is 0.0809. The number of carbonyl (C=O) groups is 2. The van der Waals surface area contributed by atoms with Crippen LogP contribution >= 0.6 is 31.9 Å². The van der Waals surface area contributed by atoms with Gasteiger partial charge in [0.25, 0.3) is 10.0 Å². The van der Waals surface area contributed by atoms with E-state index in [0.717, 1.165) is 45.6 Å². The van der Waals surface area contributed by atoms with E-state index in [0.29, 0.717) is 10.2 Å². The summed E-state index contributed by atoms with van der Waals surface area (Å²) in [6.07, 6.45) is 3.98. The molecule has 0 aliphatic heterocycles. The molecule has 1 saturated carbocycles. The lowest BCUT2D eigenvalue weighted by molar-refractivity contribution is -0.139. The maximum atomic E-state index is 14.0. The molecule has 0 radical (unpaired) electrons. The number of carbonyl (C=O) groups excluding carboxylic acids is 2. The van der Waals surface area contributed by atoms with Crippen LogP contribution in [0.25, 0.3) is 0 Å². The molecule has 0 heterocycles. The summed E-state index contributed by atoms with van der Waals surface area (Å²) in [5, 5.41) is 3.08. The van der Waals surface area contributed by atoms with Gasteiger partial charge in [-0.05, 0) is 74.7 Å². The van der Waals surface area contributed by atoms with Gasteiger partial charge in [0.1, 0.15) is 12.6 Å². The van der Waals surface area contributed by atoms with Gasteiger partial charge in [-0.15, -0.1) is 0 Å². The Labute approximate surface area is 253 Å². The molecule has 0 spiro atoms. The minimum atomic E-state index is -4.10. The van der Waals surface area contributed by atoms with Gasteiger partial charge in [-0.1, -0.05) is 80.6 Å². The van der Waals surface area contributed by atoms with E-state index in [2.05, 4.69) is 37.2 Å². The highest BCUT2D eigenvalue weighted by atomic mass is 79.9. The molecule has 0 saturated heterocycles. The van der Waals surface area contributed by atoms with Crippen LogP contribution in [0.5, 0.6) is 0 Å². The molecule has 0 aromatic heterocycles. The van der Waals surface area contributed by atoms with Crippen molar-refractivity contribution in [2.75, 3.05) is 10.8 Å². The first-order chi connectivity index (χ1) is 19.0. The van der Waals surface area contributed by atoms with Crippen molar-refractivity contribution in [2.24, 2.45) is 0 Å². The lowest BCUT2D eigenvalue weighted by Crippen LogP contribution is -2.52. The van der Waals surface area contributed by atoms with Crippen molar-refractivity contribution in [3.05, 3.63) is 92.9 Å². The predicted molar refractivity (Wildman–Crippen MR) is 164 cm³/mol. The van der Waals surface area contributed by atoms with E-state index in [4.69, 9.17) is 0 Å². The molecule has 3 aromatic carbocycles. The maximum Gasteiger partial charge on any atom is 0.264 e. The summed E-state index contributed by atoms with van der Waals surface area (Å²) < 4.78 is 30.5. The number of sulfonamides is 1. The Balaban J connectivity index is 1.68. The highest BCUT2D eigenvalue weighted by Crippen LogP contribution is 2.27. The van der Waals surface area contributed by atoms with Gasteiger partial charge in [-0.25, -0.2) is 8.42 Å². The van der Waals surface area contributed by atoms with Crippen LogP contribution in [-0.2, 0) is 26.2 Å². The van der Waals surface area contributed by atoms with Crippen molar-refractivity contribution in [3.8, 4) is 0 Å².